The number of aryl methyl sites for hydroxylation is 1. The molecule has 1 aliphatic carbocycles. The van der Waals surface area contributed by atoms with Crippen LogP contribution in [-0.2, 0) is 4.79 Å². The zero-order valence-electron chi connectivity index (χ0n) is 20.6. The highest BCUT2D eigenvalue weighted by Gasteiger charge is 2.52. The molecular formula is C27H41ClN2O. The van der Waals surface area contributed by atoms with E-state index in [9.17, 15) is 4.79 Å². The van der Waals surface area contributed by atoms with Gasteiger partial charge in [-0.3, -0.25) is 4.79 Å². The van der Waals surface area contributed by atoms with Crippen molar-refractivity contribution in [1.82, 2.24) is 4.90 Å². The molecule has 1 heterocycles. The second-order valence-electron chi connectivity index (χ2n) is 12.3. The Morgan fingerprint density at radius 2 is 1.77 bits per heavy atom. The van der Waals surface area contributed by atoms with Gasteiger partial charge in [0.25, 0.3) is 5.91 Å². The molecule has 0 saturated heterocycles. The van der Waals surface area contributed by atoms with Crippen LogP contribution in [0, 0.1) is 23.7 Å². The summed E-state index contributed by atoms with van der Waals surface area (Å²) in [5.41, 5.74) is 2.41. The van der Waals surface area contributed by atoms with Crippen LogP contribution >= 0.6 is 11.6 Å². The monoisotopic (exact) mass is 444 g/mol. The van der Waals surface area contributed by atoms with Crippen molar-refractivity contribution in [3.8, 4) is 0 Å². The standard InChI is InChI=1S/C27H41ClN2O/c1-19-10-12-21(13-11-19)22(14-16-25(2,3)4)30-24(31)23(28)29-27(30)15-8-9-20(18-27)17-26(5,6)7/h10-13,20,22H,8-9,14-18H2,1-7H3. The van der Waals surface area contributed by atoms with Gasteiger partial charge in [-0.2, -0.15) is 0 Å². The van der Waals surface area contributed by atoms with E-state index in [4.69, 9.17) is 16.6 Å². The van der Waals surface area contributed by atoms with Crippen LogP contribution in [0.4, 0.5) is 0 Å². The number of aliphatic imine (C=N–C) groups is 1. The summed E-state index contributed by atoms with van der Waals surface area (Å²) in [5.74, 6) is 0.481. The van der Waals surface area contributed by atoms with Gasteiger partial charge >= 0.3 is 0 Å². The van der Waals surface area contributed by atoms with Crippen molar-refractivity contribution >= 4 is 22.7 Å². The normalized spacial score (nSPS) is 25.8. The first kappa shape index (κ1) is 24.3. The Bertz CT molecular complexity index is 815. The highest BCUT2D eigenvalue weighted by Crippen LogP contribution is 2.49. The van der Waals surface area contributed by atoms with Gasteiger partial charge in [0.05, 0.1) is 6.04 Å². The van der Waals surface area contributed by atoms with Crippen LogP contribution in [0.25, 0.3) is 0 Å². The van der Waals surface area contributed by atoms with Crippen molar-refractivity contribution in [2.45, 2.75) is 105 Å². The second-order valence-corrected chi connectivity index (χ2v) is 12.7. The Balaban J connectivity index is 1.98. The van der Waals surface area contributed by atoms with Crippen molar-refractivity contribution in [3.05, 3.63) is 35.4 Å². The molecule has 2 aliphatic rings. The first-order valence-electron chi connectivity index (χ1n) is 12.0. The Hall–Kier alpha value is -1.35. The molecule has 3 rings (SSSR count). The van der Waals surface area contributed by atoms with E-state index in [1.165, 1.54) is 17.5 Å². The maximum atomic E-state index is 13.4. The molecule has 1 aromatic carbocycles. The summed E-state index contributed by atoms with van der Waals surface area (Å²) in [5, 5.41) is 0.171. The van der Waals surface area contributed by atoms with E-state index < -0.39 is 5.66 Å². The number of carbonyl (C=O) groups excluding carboxylic acids is 1. The fourth-order valence-corrected chi connectivity index (χ4v) is 5.76. The van der Waals surface area contributed by atoms with E-state index >= 15 is 0 Å². The van der Waals surface area contributed by atoms with Crippen molar-refractivity contribution in [2.24, 2.45) is 21.7 Å². The number of benzene rings is 1. The van der Waals surface area contributed by atoms with Gasteiger partial charge in [-0.25, -0.2) is 4.99 Å². The third kappa shape index (κ3) is 5.92. The van der Waals surface area contributed by atoms with Gasteiger partial charge in [-0.1, -0.05) is 89.4 Å². The fraction of sp³-hybridized carbons (Fsp3) is 0.704. The van der Waals surface area contributed by atoms with E-state index in [2.05, 4.69) is 77.6 Å². The van der Waals surface area contributed by atoms with Crippen LogP contribution in [0.5, 0.6) is 0 Å². The number of carbonyl (C=O) groups is 1. The molecule has 172 valence electrons. The van der Waals surface area contributed by atoms with Crippen LogP contribution in [0.3, 0.4) is 0 Å². The molecule has 1 spiro atoms. The molecule has 1 aliphatic heterocycles. The molecule has 3 unspecified atom stereocenters. The number of halogens is 1. The fourth-order valence-electron chi connectivity index (χ4n) is 5.51. The summed E-state index contributed by atoms with van der Waals surface area (Å²) in [6.07, 6.45) is 7.25. The van der Waals surface area contributed by atoms with Crippen molar-refractivity contribution in [1.29, 1.82) is 0 Å². The molecule has 3 atom stereocenters. The van der Waals surface area contributed by atoms with Crippen molar-refractivity contribution in [3.63, 3.8) is 0 Å². The maximum Gasteiger partial charge on any atom is 0.286 e. The second kappa shape index (κ2) is 8.89. The van der Waals surface area contributed by atoms with Crippen LogP contribution in [-0.4, -0.2) is 21.6 Å². The first-order valence-corrected chi connectivity index (χ1v) is 12.3. The lowest BCUT2D eigenvalue weighted by atomic mass is 9.73. The van der Waals surface area contributed by atoms with Gasteiger partial charge in [-0.05, 0) is 67.8 Å². The number of hydrogen-bond acceptors (Lipinski definition) is 2. The minimum atomic E-state index is -0.490. The van der Waals surface area contributed by atoms with Crippen LogP contribution in [0.1, 0.15) is 104 Å². The van der Waals surface area contributed by atoms with Crippen molar-refractivity contribution < 1.29 is 4.79 Å². The first-order chi connectivity index (χ1) is 14.3. The van der Waals surface area contributed by atoms with Gasteiger partial charge in [-0.15, -0.1) is 0 Å². The average Bonchev–Trinajstić information content (AvgIpc) is 2.85. The average molecular weight is 445 g/mol. The Morgan fingerprint density at radius 3 is 2.35 bits per heavy atom. The number of nitrogens with zero attached hydrogens (tertiary/aromatic N) is 2. The molecule has 1 fully saturated rings. The number of amides is 1. The lowest BCUT2D eigenvalue weighted by molar-refractivity contribution is -0.134. The molecule has 1 amide bonds. The lowest BCUT2D eigenvalue weighted by Gasteiger charge is -2.47. The molecule has 0 radical (unpaired) electrons. The van der Waals surface area contributed by atoms with Gasteiger partial charge in [0.2, 0.25) is 0 Å². The predicted molar refractivity (Wildman–Crippen MR) is 132 cm³/mol. The molecule has 0 bridgehead atoms. The molecule has 3 nitrogen and oxygen atoms in total. The molecular weight excluding hydrogens is 404 g/mol. The molecule has 4 heteroatoms. The summed E-state index contributed by atoms with van der Waals surface area (Å²) in [4.78, 5) is 20.4. The van der Waals surface area contributed by atoms with Crippen LogP contribution in [0.2, 0.25) is 0 Å². The number of rotatable bonds is 5. The SMILES string of the molecule is Cc1ccc(C(CCC(C)(C)C)N2C(=O)C(Cl)=NC23CCCC(CC(C)(C)C)C3)cc1. The highest BCUT2D eigenvalue weighted by atomic mass is 35.5. The lowest BCUT2D eigenvalue weighted by Crippen LogP contribution is -2.51. The van der Waals surface area contributed by atoms with Crippen LogP contribution in [0.15, 0.2) is 29.3 Å². The minimum absolute atomic E-state index is 0.000659. The molecule has 31 heavy (non-hydrogen) atoms. The third-order valence-corrected chi connectivity index (χ3v) is 7.04. The van der Waals surface area contributed by atoms with Gasteiger partial charge < -0.3 is 4.90 Å². The van der Waals surface area contributed by atoms with E-state index in [0.717, 1.165) is 38.5 Å². The molecule has 1 aromatic rings. The highest BCUT2D eigenvalue weighted by molar-refractivity contribution is 6.83. The summed E-state index contributed by atoms with van der Waals surface area (Å²) >= 11 is 6.47. The topological polar surface area (TPSA) is 32.7 Å². The molecule has 1 saturated carbocycles. The van der Waals surface area contributed by atoms with E-state index in [1.54, 1.807) is 0 Å². The number of hydrogen-bond donors (Lipinski definition) is 0. The van der Waals surface area contributed by atoms with E-state index in [1.807, 2.05) is 0 Å². The third-order valence-electron chi connectivity index (χ3n) is 6.80. The molecule has 0 N–H and O–H groups in total. The van der Waals surface area contributed by atoms with Gasteiger partial charge in [0.15, 0.2) is 5.17 Å². The zero-order chi connectivity index (χ0) is 23.0. The zero-order valence-corrected chi connectivity index (χ0v) is 21.4. The summed E-state index contributed by atoms with van der Waals surface area (Å²) in [7, 11) is 0. The summed E-state index contributed by atoms with van der Waals surface area (Å²) in [6, 6.07) is 8.67. The van der Waals surface area contributed by atoms with E-state index in [0.29, 0.717) is 5.92 Å². The van der Waals surface area contributed by atoms with E-state index in [-0.39, 0.29) is 27.9 Å². The Morgan fingerprint density at radius 1 is 1.13 bits per heavy atom. The maximum absolute atomic E-state index is 13.4. The smallest absolute Gasteiger partial charge is 0.286 e. The Labute approximate surface area is 194 Å². The summed E-state index contributed by atoms with van der Waals surface area (Å²) < 4.78 is 0. The minimum Gasteiger partial charge on any atom is -0.305 e. The van der Waals surface area contributed by atoms with Gasteiger partial charge in [0.1, 0.15) is 5.66 Å². The summed E-state index contributed by atoms with van der Waals surface area (Å²) in [6.45, 7) is 15.8. The largest absolute Gasteiger partial charge is 0.305 e. The predicted octanol–water partition coefficient (Wildman–Crippen LogP) is 7.66. The quantitative estimate of drug-likeness (QED) is 0.458. The van der Waals surface area contributed by atoms with Crippen LogP contribution < -0.4 is 0 Å². The Kier molecular flexibility index (Phi) is 6.96. The van der Waals surface area contributed by atoms with Crippen molar-refractivity contribution in [2.75, 3.05) is 0 Å². The van der Waals surface area contributed by atoms with Gasteiger partial charge in [0, 0.05) is 0 Å². The molecule has 0 aromatic heterocycles.